The molecule has 1 aromatic rings. The number of rotatable bonds is 4. The first-order valence-corrected chi connectivity index (χ1v) is 6.91. The lowest BCUT2D eigenvalue weighted by Gasteiger charge is -2.27. The lowest BCUT2D eigenvalue weighted by molar-refractivity contribution is 0.0681. The molecule has 20 heavy (non-hydrogen) atoms. The number of carbonyl (C=O) groups is 1. The fraction of sp³-hybridized carbons (Fsp3) is 0.643. The molecule has 0 aliphatic heterocycles. The highest BCUT2D eigenvalue weighted by molar-refractivity contribution is 5.88. The highest BCUT2D eigenvalue weighted by Gasteiger charge is 2.27. The number of hydrogen-bond acceptors (Lipinski definition) is 3. The van der Waals surface area contributed by atoms with E-state index < -0.39 is 23.7 Å². The molecule has 1 fully saturated rings. The molecule has 1 aromatic heterocycles. The zero-order valence-corrected chi connectivity index (χ0v) is 11.4. The molecule has 0 bridgehead atoms. The quantitative estimate of drug-likeness (QED) is 0.913. The van der Waals surface area contributed by atoms with Crippen LogP contribution in [-0.2, 0) is 0 Å². The van der Waals surface area contributed by atoms with Gasteiger partial charge in [-0.25, -0.2) is 23.5 Å². The van der Waals surface area contributed by atoms with Crippen molar-refractivity contribution in [2.75, 3.05) is 0 Å². The Bertz CT molecular complexity index is 486. The number of nitrogens with zero attached hydrogens (tertiary/aromatic N) is 2. The first-order valence-electron chi connectivity index (χ1n) is 6.91. The summed E-state index contributed by atoms with van der Waals surface area (Å²) in [6, 6.07) is 0. The molecule has 1 saturated carbocycles. The van der Waals surface area contributed by atoms with Crippen LogP contribution in [0, 0.1) is 5.92 Å². The Kier molecular flexibility index (Phi) is 4.62. The fourth-order valence-corrected chi connectivity index (χ4v) is 2.77. The first-order chi connectivity index (χ1) is 9.52. The van der Waals surface area contributed by atoms with Crippen molar-refractivity contribution >= 4 is 5.97 Å². The molecule has 0 unspecified atom stereocenters. The smallest absolute Gasteiger partial charge is 0.339 e. The topological polar surface area (TPSA) is 63.1 Å². The van der Waals surface area contributed by atoms with E-state index in [1.165, 1.54) is 0 Å². The number of carboxylic acids is 1. The number of carboxylic acid groups (broad SMARTS) is 1. The molecule has 1 aliphatic carbocycles. The Morgan fingerprint density at radius 1 is 1.40 bits per heavy atom. The Morgan fingerprint density at radius 2 is 2.05 bits per heavy atom. The number of aromatic carboxylic acids is 1. The van der Waals surface area contributed by atoms with Gasteiger partial charge in [-0.1, -0.05) is 13.3 Å². The van der Waals surface area contributed by atoms with Gasteiger partial charge in [0.05, 0.1) is 0 Å². The minimum atomic E-state index is -2.89. The van der Waals surface area contributed by atoms with Crippen molar-refractivity contribution < 1.29 is 18.7 Å². The molecule has 1 N–H and O–H groups in total. The zero-order chi connectivity index (χ0) is 14.7. The van der Waals surface area contributed by atoms with E-state index in [0.29, 0.717) is 11.7 Å². The molecule has 0 amide bonds. The van der Waals surface area contributed by atoms with Gasteiger partial charge in [0, 0.05) is 12.1 Å². The van der Waals surface area contributed by atoms with Crippen LogP contribution >= 0.6 is 0 Å². The molecular weight excluding hydrogens is 266 g/mol. The van der Waals surface area contributed by atoms with E-state index in [0.717, 1.165) is 38.3 Å². The minimum Gasteiger partial charge on any atom is -0.478 e. The molecule has 0 spiro atoms. The number of hydrogen-bond donors (Lipinski definition) is 1. The van der Waals surface area contributed by atoms with Gasteiger partial charge >= 0.3 is 5.97 Å². The predicted molar refractivity (Wildman–Crippen MR) is 68.9 cm³/mol. The molecule has 0 radical (unpaired) electrons. The monoisotopic (exact) mass is 284 g/mol. The van der Waals surface area contributed by atoms with Crippen LogP contribution in [0.2, 0.25) is 0 Å². The third-order valence-corrected chi connectivity index (χ3v) is 4.06. The van der Waals surface area contributed by atoms with E-state index in [1.807, 2.05) is 0 Å². The third kappa shape index (κ3) is 3.11. The summed E-state index contributed by atoms with van der Waals surface area (Å²) in [6.45, 7) is 2.15. The molecule has 0 atom stereocenters. The summed E-state index contributed by atoms with van der Waals surface area (Å²) in [5, 5.41) is 8.87. The van der Waals surface area contributed by atoms with Crippen LogP contribution in [0.3, 0.4) is 0 Å². The first kappa shape index (κ1) is 14.8. The van der Waals surface area contributed by atoms with Crippen LogP contribution in [0.5, 0.6) is 0 Å². The molecule has 4 nitrogen and oxygen atoms in total. The van der Waals surface area contributed by atoms with Gasteiger partial charge in [-0.3, -0.25) is 0 Å². The van der Waals surface area contributed by atoms with Crippen LogP contribution in [0.15, 0.2) is 6.20 Å². The van der Waals surface area contributed by atoms with Crippen molar-refractivity contribution in [3.63, 3.8) is 0 Å². The van der Waals surface area contributed by atoms with Crippen molar-refractivity contribution in [2.24, 2.45) is 5.92 Å². The lowest BCUT2D eigenvalue weighted by atomic mass is 9.80. The van der Waals surface area contributed by atoms with Gasteiger partial charge in [0.1, 0.15) is 17.1 Å². The minimum absolute atomic E-state index is 0.0677. The highest BCUT2D eigenvalue weighted by Crippen LogP contribution is 2.36. The molecule has 1 aliphatic rings. The van der Waals surface area contributed by atoms with Crippen molar-refractivity contribution in [2.45, 2.75) is 51.4 Å². The van der Waals surface area contributed by atoms with E-state index >= 15 is 0 Å². The molecule has 1 heterocycles. The predicted octanol–water partition coefficient (Wildman–Crippen LogP) is 3.80. The SMILES string of the molecule is CCC1CCC(c2ncc(C(=O)O)c(C(F)F)n2)CC1. The molecule has 0 aromatic carbocycles. The van der Waals surface area contributed by atoms with Crippen LogP contribution in [0.25, 0.3) is 0 Å². The Labute approximate surface area is 116 Å². The van der Waals surface area contributed by atoms with Crippen molar-refractivity contribution in [1.82, 2.24) is 9.97 Å². The van der Waals surface area contributed by atoms with Gasteiger partial charge in [0.2, 0.25) is 0 Å². The van der Waals surface area contributed by atoms with E-state index in [4.69, 9.17) is 5.11 Å². The summed E-state index contributed by atoms with van der Waals surface area (Å²) in [6.07, 6.45) is 3.12. The average Bonchev–Trinajstić information content (AvgIpc) is 2.46. The van der Waals surface area contributed by atoms with Gasteiger partial charge in [0.25, 0.3) is 6.43 Å². The Hall–Kier alpha value is -1.59. The van der Waals surface area contributed by atoms with Crippen LogP contribution in [-0.4, -0.2) is 21.0 Å². The molecule has 0 saturated heterocycles. The summed E-state index contributed by atoms with van der Waals surface area (Å²) in [5.41, 5.74) is -1.17. The van der Waals surface area contributed by atoms with Crippen LogP contribution in [0.1, 0.15) is 73.2 Å². The van der Waals surface area contributed by atoms with E-state index in [1.54, 1.807) is 0 Å². The molecule has 6 heteroatoms. The van der Waals surface area contributed by atoms with Gasteiger partial charge in [-0.15, -0.1) is 0 Å². The maximum atomic E-state index is 12.9. The van der Waals surface area contributed by atoms with Crippen molar-refractivity contribution in [3.8, 4) is 0 Å². The lowest BCUT2D eigenvalue weighted by Crippen LogP contribution is -2.17. The highest BCUT2D eigenvalue weighted by atomic mass is 19.3. The second-order valence-electron chi connectivity index (χ2n) is 5.26. The Balaban J connectivity index is 2.21. The second-order valence-corrected chi connectivity index (χ2v) is 5.26. The normalized spacial score (nSPS) is 23.0. The summed E-state index contributed by atoms with van der Waals surface area (Å²) in [4.78, 5) is 18.7. The van der Waals surface area contributed by atoms with E-state index in [-0.39, 0.29) is 5.92 Å². The van der Waals surface area contributed by atoms with Crippen molar-refractivity contribution in [3.05, 3.63) is 23.3 Å². The van der Waals surface area contributed by atoms with Crippen molar-refractivity contribution in [1.29, 1.82) is 0 Å². The number of halogens is 2. The molecule has 110 valence electrons. The summed E-state index contributed by atoms with van der Waals surface area (Å²) in [7, 11) is 0. The fourth-order valence-electron chi connectivity index (χ4n) is 2.77. The Morgan fingerprint density at radius 3 is 2.55 bits per heavy atom. The van der Waals surface area contributed by atoms with E-state index in [9.17, 15) is 13.6 Å². The van der Waals surface area contributed by atoms with Crippen LogP contribution in [0.4, 0.5) is 8.78 Å². The third-order valence-electron chi connectivity index (χ3n) is 4.06. The maximum Gasteiger partial charge on any atom is 0.339 e. The summed E-state index contributed by atoms with van der Waals surface area (Å²) in [5.74, 6) is -0.293. The summed E-state index contributed by atoms with van der Waals surface area (Å²) < 4.78 is 25.8. The number of alkyl halides is 2. The van der Waals surface area contributed by atoms with Gasteiger partial charge in [-0.05, 0) is 31.6 Å². The van der Waals surface area contributed by atoms with E-state index in [2.05, 4.69) is 16.9 Å². The second kappa shape index (κ2) is 6.24. The van der Waals surface area contributed by atoms with Gasteiger partial charge in [0.15, 0.2) is 0 Å². The van der Waals surface area contributed by atoms with Gasteiger partial charge in [-0.2, -0.15) is 0 Å². The zero-order valence-electron chi connectivity index (χ0n) is 11.4. The maximum absolute atomic E-state index is 12.9. The number of aromatic nitrogens is 2. The molecular formula is C14H18F2N2O2. The summed E-state index contributed by atoms with van der Waals surface area (Å²) >= 11 is 0. The largest absolute Gasteiger partial charge is 0.478 e. The van der Waals surface area contributed by atoms with Gasteiger partial charge < -0.3 is 5.11 Å². The van der Waals surface area contributed by atoms with Crippen LogP contribution < -0.4 is 0 Å². The standard InChI is InChI=1S/C14H18F2N2O2/c1-2-8-3-5-9(6-4-8)13-17-7-10(14(19)20)11(18-13)12(15)16/h7-9,12H,2-6H2,1H3,(H,19,20). The molecule has 2 rings (SSSR count). The average molecular weight is 284 g/mol.